The predicted molar refractivity (Wildman–Crippen MR) is 162 cm³/mol. The van der Waals surface area contributed by atoms with E-state index in [0.29, 0.717) is 63.4 Å². The summed E-state index contributed by atoms with van der Waals surface area (Å²) in [5, 5.41) is 3.95. The minimum Gasteiger partial charge on any atom is -0.870 e. The van der Waals surface area contributed by atoms with Crippen molar-refractivity contribution in [2.75, 3.05) is 20.3 Å². The first kappa shape index (κ1) is 36.5. The average molecular weight is 671 g/mol. The number of fused-ring (bicyclic) bond motifs is 2. The molecule has 228 valence electrons. The minimum atomic E-state index is -0.737. The molecule has 2 unspecified atom stereocenters. The van der Waals surface area contributed by atoms with Crippen LogP contribution in [0, 0.1) is 24.5 Å². The number of nitrogens with two attached hydrogens (primary N) is 1. The maximum absolute atomic E-state index is 15.0. The Bertz CT molecular complexity index is 1720. The molecule has 2 aliphatic rings. The fraction of sp³-hybridized carbons (Fsp3) is 0.323. The maximum atomic E-state index is 15.0. The second-order valence-electron chi connectivity index (χ2n) is 10.7. The van der Waals surface area contributed by atoms with Crippen LogP contribution in [0.5, 0.6) is 11.5 Å². The average Bonchev–Trinajstić information content (AvgIpc) is 3.72. The second kappa shape index (κ2) is 14.7. The number of rotatable bonds is 7. The van der Waals surface area contributed by atoms with Gasteiger partial charge in [-0.1, -0.05) is 30.1 Å². The number of nitrogens with one attached hydrogen (secondary N) is 1. The summed E-state index contributed by atoms with van der Waals surface area (Å²) in [5.74, 6) is -0.553. The number of hydrogen-bond acceptors (Lipinski definition) is 6. The van der Waals surface area contributed by atoms with Gasteiger partial charge in [-0.3, -0.25) is 4.79 Å². The Labute approximate surface area is 306 Å². The largest absolute Gasteiger partial charge is 1.00 e. The number of aromatic nitrogens is 2. The molecule has 2 atom stereocenters. The van der Waals surface area contributed by atoms with Gasteiger partial charge in [-0.15, -0.1) is 0 Å². The molecule has 0 radical (unpaired) electrons. The van der Waals surface area contributed by atoms with Gasteiger partial charge in [0.05, 0.1) is 29.5 Å². The number of halogens is 4. The number of benzene rings is 2. The van der Waals surface area contributed by atoms with Gasteiger partial charge in [0.2, 0.25) is 0 Å². The number of hydrogen-bond donors (Lipinski definition) is 1. The van der Waals surface area contributed by atoms with Crippen LogP contribution in [0.1, 0.15) is 58.9 Å². The van der Waals surface area contributed by atoms with Gasteiger partial charge in [0, 0.05) is 46.2 Å². The molecule has 2 aromatic carbocycles. The summed E-state index contributed by atoms with van der Waals surface area (Å²) >= 11 is 12.1. The molecule has 0 saturated heterocycles. The molecule has 4 N–H and O–H groups in total. The Morgan fingerprint density at radius 1 is 1.09 bits per heavy atom. The number of pyridine rings is 2. The molecule has 2 aromatic heterocycles. The van der Waals surface area contributed by atoms with E-state index < -0.39 is 11.6 Å². The molecule has 6 rings (SSSR count). The smallest absolute Gasteiger partial charge is 0.870 e. The number of aryl methyl sites for hydroxylation is 1. The zero-order valence-corrected chi connectivity index (χ0v) is 29.3. The molecule has 4 aromatic rings. The van der Waals surface area contributed by atoms with Crippen molar-refractivity contribution in [1.82, 2.24) is 15.3 Å². The molecule has 0 spiro atoms. The van der Waals surface area contributed by atoms with Gasteiger partial charge >= 0.3 is 51.4 Å². The SMILES string of the molecule is COc1cc(C(=O)NCC(c2cc3c(c(-c4cc(F)c(Cl)cc4F)n2)OCC3C)C2CC2)cc2cc(Cl)c(C)nc12.[K+].[NH2-].[OH-]. The fourth-order valence-electron chi connectivity index (χ4n) is 5.39. The molecule has 13 heteroatoms. The van der Waals surface area contributed by atoms with Gasteiger partial charge in [0.15, 0.2) is 0 Å². The van der Waals surface area contributed by atoms with Gasteiger partial charge in [0.1, 0.15) is 34.3 Å². The van der Waals surface area contributed by atoms with E-state index >= 15 is 4.39 Å². The molecule has 1 amide bonds. The van der Waals surface area contributed by atoms with Gasteiger partial charge in [0.25, 0.3) is 5.91 Å². The van der Waals surface area contributed by atoms with Crippen LogP contribution in [0.15, 0.2) is 36.4 Å². The molecule has 1 saturated carbocycles. The summed E-state index contributed by atoms with van der Waals surface area (Å²) in [6, 6.07) is 9.15. The second-order valence-corrected chi connectivity index (χ2v) is 11.5. The number of methoxy groups -OCH3 is 1. The van der Waals surface area contributed by atoms with Gasteiger partial charge in [-0.2, -0.15) is 0 Å². The zero-order chi connectivity index (χ0) is 29.0. The van der Waals surface area contributed by atoms with Crippen molar-refractivity contribution in [1.29, 1.82) is 0 Å². The van der Waals surface area contributed by atoms with Gasteiger partial charge < -0.3 is 26.4 Å². The van der Waals surface area contributed by atoms with Crippen LogP contribution in [0.3, 0.4) is 0 Å². The third-order valence-electron chi connectivity index (χ3n) is 7.84. The predicted octanol–water partition coefficient (Wildman–Crippen LogP) is 5.16. The summed E-state index contributed by atoms with van der Waals surface area (Å²) in [5.41, 5.74) is 3.53. The van der Waals surface area contributed by atoms with E-state index in [1.807, 2.05) is 19.9 Å². The van der Waals surface area contributed by atoms with E-state index in [4.69, 9.17) is 37.7 Å². The summed E-state index contributed by atoms with van der Waals surface area (Å²) < 4.78 is 40.8. The van der Waals surface area contributed by atoms with Crippen molar-refractivity contribution in [2.45, 2.75) is 38.5 Å². The molecule has 3 heterocycles. The number of nitrogens with zero attached hydrogens (tertiary/aromatic N) is 2. The van der Waals surface area contributed by atoms with E-state index in [0.717, 1.165) is 30.5 Å². The monoisotopic (exact) mass is 669 g/mol. The Balaban J connectivity index is 0.00000176. The third-order valence-corrected chi connectivity index (χ3v) is 8.51. The van der Waals surface area contributed by atoms with Crippen LogP contribution < -0.4 is 66.2 Å². The van der Waals surface area contributed by atoms with Crippen molar-refractivity contribution in [3.05, 3.63) is 86.7 Å². The number of carbonyl (C=O) groups excluding carboxylic acids is 1. The molecule has 1 aliphatic carbocycles. The normalized spacial score (nSPS) is 15.7. The van der Waals surface area contributed by atoms with E-state index in [1.165, 1.54) is 7.11 Å². The summed E-state index contributed by atoms with van der Waals surface area (Å²) in [6.07, 6.45) is 1.97. The zero-order valence-electron chi connectivity index (χ0n) is 24.7. The summed E-state index contributed by atoms with van der Waals surface area (Å²) in [4.78, 5) is 22.7. The fourth-order valence-corrected chi connectivity index (χ4v) is 5.70. The van der Waals surface area contributed by atoms with E-state index in [9.17, 15) is 9.18 Å². The van der Waals surface area contributed by atoms with Crippen LogP contribution >= 0.6 is 23.2 Å². The summed E-state index contributed by atoms with van der Waals surface area (Å²) in [7, 11) is 1.53. The molecule has 1 aliphatic heterocycles. The van der Waals surface area contributed by atoms with E-state index in [-0.39, 0.29) is 97.0 Å². The molecule has 1 fully saturated rings. The van der Waals surface area contributed by atoms with Crippen molar-refractivity contribution in [2.24, 2.45) is 5.92 Å². The van der Waals surface area contributed by atoms with Crippen LogP contribution in [-0.2, 0) is 0 Å². The first-order valence-electron chi connectivity index (χ1n) is 13.4. The standard InChI is InChI=1S/C31H27Cl2F2N3O3.K.H2N.H2O/c1-14-13-41-30-19(14)10-26(38-29(30)20-9-25(35)23(33)11-24(20)34)21(16-4-5-16)12-36-31(39)18-6-17-7-22(32)15(2)37-28(17)27(8-18)40-3;;;/h6-11,14,16,21H,4-5,12-13H2,1-3H3,(H,36,39);;2*1H2/q;+1;-1;/p-1. The topological polar surface area (TPSA) is 137 Å². The van der Waals surface area contributed by atoms with Crippen molar-refractivity contribution in [3.8, 4) is 22.8 Å². The Morgan fingerprint density at radius 3 is 2.50 bits per heavy atom. The first-order chi connectivity index (χ1) is 19.6. The van der Waals surface area contributed by atoms with Crippen LogP contribution in [0.2, 0.25) is 10.0 Å². The molecule has 0 bridgehead atoms. The van der Waals surface area contributed by atoms with Crippen LogP contribution in [0.25, 0.3) is 28.3 Å². The molecular formula is C31H30Cl2F2KN4O4-. The Kier molecular flexibility index (Phi) is 12.2. The third kappa shape index (κ3) is 7.06. The molecular weight excluding hydrogens is 640 g/mol. The Morgan fingerprint density at radius 2 is 1.82 bits per heavy atom. The summed E-state index contributed by atoms with van der Waals surface area (Å²) in [6.45, 7) is 4.55. The number of ether oxygens (including phenoxy) is 2. The van der Waals surface area contributed by atoms with Crippen molar-refractivity contribution < 1.29 is 79.9 Å². The van der Waals surface area contributed by atoms with Crippen LogP contribution in [0.4, 0.5) is 8.78 Å². The van der Waals surface area contributed by atoms with Crippen LogP contribution in [-0.4, -0.2) is 41.6 Å². The van der Waals surface area contributed by atoms with Crippen molar-refractivity contribution >= 4 is 40.0 Å². The van der Waals surface area contributed by atoms with E-state index in [2.05, 4.69) is 10.3 Å². The van der Waals surface area contributed by atoms with E-state index in [1.54, 1.807) is 18.2 Å². The number of amides is 1. The molecule has 8 nitrogen and oxygen atoms in total. The maximum Gasteiger partial charge on any atom is 1.00 e. The van der Waals surface area contributed by atoms with Gasteiger partial charge in [-0.05, 0) is 62.1 Å². The van der Waals surface area contributed by atoms with Gasteiger partial charge in [-0.25, -0.2) is 18.7 Å². The quantitative estimate of drug-likeness (QED) is 0.213. The Hall–Kier alpha value is -1.93. The first-order valence-corrected chi connectivity index (χ1v) is 14.2. The minimum absolute atomic E-state index is 0. The number of carbonyl (C=O) groups is 1. The van der Waals surface area contributed by atoms with Crippen molar-refractivity contribution in [3.63, 3.8) is 0 Å². The molecule has 44 heavy (non-hydrogen) atoms.